The average Bonchev–Trinajstić information content (AvgIpc) is 2.67. The first-order valence-corrected chi connectivity index (χ1v) is 7.68. The van der Waals surface area contributed by atoms with Crippen molar-refractivity contribution in [3.63, 3.8) is 0 Å². The molecule has 0 nitrogen and oxygen atoms in total. The molecule has 0 amide bonds. The highest BCUT2D eigenvalue weighted by Crippen LogP contribution is 2.35. The lowest BCUT2D eigenvalue weighted by Crippen LogP contribution is -1.79. The van der Waals surface area contributed by atoms with Crippen LogP contribution < -0.4 is 0 Å². The van der Waals surface area contributed by atoms with Crippen LogP contribution in [0, 0.1) is 0 Å². The van der Waals surface area contributed by atoms with Gasteiger partial charge < -0.3 is 0 Å². The fourth-order valence-corrected chi connectivity index (χ4v) is 3.82. The number of rotatable bonds is 1. The Hall–Kier alpha value is -2.12. The van der Waals surface area contributed by atoms with Gasteiger partial charge in [0, 0.05) is 20.2 Å². The van der Waals surface area contributed by atoms with Crippen LogP contribution in [0.2, 0.25) is 0 Å². The zero-order chi connectivity index (χ0) is 13.4. The molecule has 0 saturated carbocycles. The minimum absolute atomic E-state index is 1.02. The molecule has 0 saturated heterocycles. The van der Waals surface area contributed by atoms with Gasteiger partial charge in [0.25, 0.3) is 0 Å². The third kappa shape index (κ3) is 1.91. The van der Waals surface area contributed by atoms with Gasteiger partial charge >= 0.3 is 0 Å². The van der Waals surface area contributed by atoms with Gasteiger partial charge in [0.05, 0.1) is 0 Å². The Morgan fingerprint density at radius 2 is 1.75 bits per heavy atom. The van der Waals surface area contributed by atoms with Gasteiger partial charge in [-0.15, -0.1) is 11.3 Å². The van der Waals surface area contributed by atoms with E-state index in [1.165, 1.54) is 31.3 Å². The summed E-state index contributed by atoms with van der Waals surface area (Å²) in [7, 11) is 0. The number of hydrogen-bond donors (Lipinski definition) is 0. The third-order valence-corrected chi connectivity index (χ3v) is 4.83. The summed E-state index contributed by atoms with van der Waals surface area (Å²) in [6.45, 7) is 0. The van der Waals surface area contributed by atoms with Crippen molar-refractivity contribution < 1.29 is 0 Å². The fraction of sp³-hybridized carbons (Fsp3) is 0.0526. The Bertz CT molecular complexity index is 875. The number of thiophene rings is 1. The van der Waals surface area contributed by atoms with Crippen LogP contribution in [-0.2, 0) is 0 Å². The van der Waals surface area contributed by atoms with E-state index < -0.39 is 0 Å². The molecule has 0 atom stereocenters. The Balaban J connectivity index is 1.93. The monoisotopic (exact) mass is 274 g/mol. The van der Waals surface area contributed by atoms with Crippen molar-refractivity contribution >= 4 is 37.1 Å². The first-order chi connectivity index (χ1) is 9.92. The van der Waals surface area contributed by atoms with Crippen LogP contribution in [0.4, 0.5) is 0 Å². The lowest BCUT2D eigenvalue weighted by atomic mass is 10.0. The summed E-state index contributed by atoms with van der Waals surface area (Å²) in [6.07, 6.45) is 12.0. The van der Waals surface area contributed by atoms with Gasteiger partial charge in [-0.05, 0) is 29.7 Å². The zero-order valence-electron chi connectivity index (χ0n) is 11.0. The van der Waals surface area contributed by atoms with E-state index in [0.29, 0.717) is 0 Å². The molecule has 1 heterocycles. The standard InChI is InChI=1S/C19H14S/c1-2-4-8-14(7-3-1)15-11-12-17-16-9-5-6-10-18(16)20-19(17)13-15/h1,3-13H,2H2. The highest BCUT2D eigenvalue weighted by Gasteiger charge is 2.06. The van der Waals surface area contributed by atoms with Crippen molar-refractivity contribution in [3.8, 4) is 0 Å². The molecule has 1 heteroatoms. The summed E-state index contributed by atoms with van der Waals surface area (Å²) >= 11 is 1.88. The lowest BCUT2D eigenvalue weighted by Gasteiger charge is -2.02. The highest BCUT2D eigenvalue weighted by molar-refractivity contribution is 7.25. The number of hydrogen-bond acceptors (Lipinski definition) is 1. The van der Waals surface area contributed by atoms with E-state index in [0.717, 1.165) is 6.42 Å². The van der Waals surface area contributed by atoms with Gasteiger partial charge in [0.1, 0.15) is 0 Å². The van der Waals surface area contributed by atoms with Gasteiger partial charge in [-0.3, -0.25) is 0 Å². The van der Waals surface area contributed by atoms with E-state index >= 15 is 0 Å². The maximum Gasteiger partial charge on any atom is 0.0361 e. The van der Waals surface area contributed by atoms with Crippen molar-refractivity contribution in [1.82, 2.24) is 0 Å². The van der Waals surface area contributed by atoms with E-state index in [9.17, 15) is 0 Å². The van der Waals surface area contributed by atoms with Gasteiger partial charge in [-0.2, -0.15) is 0 Å². The van der Waals surface area contributed by atoms with Gasteiger partial charge in [-0.25, -0.2) is 0 Å². The second-order valence-electron chi connectivity index (χ2n) is 5.00. The first kappa shape index (κ1) is 11.7. The lowest BCUT2D eigenvalue weighted by molar-refractivity contribution is 1.41. The summed E-state index contributed by atoms with van der Waals surface area (Å²) in [5.41, 5.74) is 2.59. The summed E-state index contributed by atoms with van der Waals surface area (Å²) < 4.78 is 2.73. The molecule has 1 aliphatic rings. The summed E-state index contributed by atoms with van der Waals surface area (Å²) in [5.74, 6) is 0. The van der Waals surface area contributed by atoms with Crippen LogP contribution in [0.1, 0.15) is 12.0 Å². The van der Waals surface area contributed by atoms with E-state index in [1.54, 1.807) is 0 Å². The minimum atomic E-state index is 1.02. The second kappa shape index (κ2) is 4.77. The molecule has 0 spiro atoms. The molecule has 0 aliphatic heterocycles. The third-order valence-electron chi connectivity index (χ3n) is 3.69. The smallest absolute Gasteiger partial charge is 0.0361 e. The number of benzene rings is 2. The minimum Gasteiger partial charge on any atom is -0.135 e. The topological polar surface area (TPSA) is 0 Å². The Labute approximate surface area is 122 Å². The van der Waals surface area contributed by atoms with Crippen LogP contribution in [0.15, 0.2) is 72.8 Å². The van der Waals surface area contributed by atoms with Crippen LogP contribution in [-0.4, -0.2) is 0 Å². The van der Waals surface area contributed by atoms with Crippen molar-refractivity contribution in [1.29, 1.82) is 0 Å². The molecular weight excluding hydrogens is 260 g/mol. The van der Waals surface area contributed by atoms with Crippen LogP contribution in [0.3, 0.4) is 0 Å². The zero-order valence-corrected chi connectivity index (χ0v) is 11.9. The first-order valence-electron chi connectivity index (χ1n) is 6.87. The van der Waals surface area contributed by atoms with Crippen LogP contribution in [0.5, 0.6) is 0 Å². The van der Waals surface area contributed by atoms with Crippen LogP contribution in [0.25, 0.3) is 25.7 Å². The molecule has 1 aliphatic carbocycles. The normalized spacial score (nSPS) is 14.7. The SMILES string of the molecule is C1=CCC=CC(c2ccc3c(c2)sc2ccccc23)=C1. The Morgan fingerprint density at radius 3 is 2.75 bits per heavy atom. The Kier molecular flexibility index (Phi) is 2.79. The predicted octanol–water partition coefficient (Wildman–Crippen LogP) is 5.95. The van der Waals surface area contributed by atoms with Crippen LogP contribution >= 0.6 is 11.3 Å². The van der Waals surface area contributed by atoms with Crippen molar-refractivity contribution in [3.05, 3.63) is 78.4 Å². The van der Waals surface area contributed by atoms with Crippen molar-refractivity contribution in [2.45, 2.75) is 6.42 Å². The molecule has 0 radical (unpaired) electrons. The average molecular weight is 274 g/mol. The maximum atomic E-state index is 2.31. The highest BCUT2D eigenvalue weighted by atomic mass is 32.1. The molecule has 0 bridgehead atoms. The number of fused-ring (bicyclic) bond motifs is 3. The summed E-state index contributed by atoms with van der Waals surface area (Å²) in [6, 6.07) is 15.4. The molecule has 4 rings (SSSR count). The molecule has 96 valence electrons. The maximum absolute atomic E-state index is 2.31. The quantitative estimate of drug-likeness (QED) is 0.514. The van der Waals surface area contributed by atoms with E-state index in [2.05, 4.69) is 72.8 Å². The van der Waals surface area contributed by atoms with Crippen molar-refractivity contribution in [2.24, 2.45) is 0 Å². The largest absolute Gasteiger partial charge is 0.135 e. The van der Waals surface area contributed by atoms with Gasteiger partial charge in [0.15, 0.2) is 0 Å². The fourth-order valence-electron chi connectivity index (χ4n) is 2.68. The molecule has 0 N–H and O–H groups in total. The van der Waals surface area contributed by atoms with Crippen molar-refractivity contribution in [2.75, 3.05) is 0 Å². The molecule has 0 fully saturated rings. The molecule has 3 aromatic rings. The molecular formula is C19H14S. The second-order valence-corrected chi connectivity index (χ2v) is 6.08. The summed E-state index contributed by atoms with van der Waals surface area (Å²) in [4.78, 5) is 0. The predicted molar refractivity (Wildman–Crippen MR) is 90.2 cm³/mol. The van der Waals surface area contributed by atoms with E-state index in [1.807, 2.05) is 11.3 Å². The number of allylic oxidation sites excluding steroid dienone is 6. The van der Waals surface area contributed by atoms with Gasteiger partial charge in [-0.1, -0.05) is 60.7 Å². The molecule has 0 unspecified atom stereocenters. The Morgan fingerprint density at radius 1 is 0.850 bits per heavy atom. The van der Waals surface area contributed by atoms with E-state index in [-0.39, 0.29) is 0 Å². The summed E-state index contributed by atoms with van der Waals surface area (Å²) in [5, 5.41) is 2.73. The van der Waals surface area contributed by atoms with Gasteiger partial charge in [0.2, 0.25) is 0 Å². The molecule has 2 aromatic carbocycles. The molecule has 1 aromatic heterocycles. The van der Waals surface area contributed by atoms with E-state index in [4.69, 9.17) is 0 Å². The molecule has 20 heavy (non-hydrogen) atoms.